The number of rotatable bonds is 5. The van der Waals surface area contributed by atoms with E-state index in [-0.39, 0.29) is 25.9 Å². The third-order valence-electron chi connectivity index (χ3n) is 5.65. The maximum Gasteiger partial charge on any atom is 0.200 e. The molecule has 1 fully saturated rings. The zero-order valence-corrected chi connectivity index (χ0v) is 19.0. The molecular weight excluding hydrogens is 483 g/mol. The SMILES string of the molecule is Cc1ccc(Cc2csc(N3CCC(S(=O)(=O)c4c(F)c(F)c(F)c(F)c4F)CC3)n2)cc1. The summed E-state index contributed by atoms with van der Waals surface area (Å²) in [5.41, 5.74) is 3.11. The molecule has 4 nitrogen and oxygen atoms in total. The zero-order valence-electron chi connectivity index (χ0n) is 17.4. The molecule has 176 valence electrons. The number of sulfone groups is 1. The molecule has 2 aromatic carbocycles. The van der Waals surface area contributed by atoms with Crippen LogP contribution >= 0.6 is 11.3 Å². The minimum Gasteiger partial charge on any atom is -0.348 e. The van der Waals surface area contributed by atoms with Gasteiger partial charge in [-0.15, -0.1) is 11.3 Å². The van der Waals surface area contributed by atoms with Crippen molar-refractivity contribution in [2.24, 2.45) is 0 Å². The third kappa shape index (κ3) is 4.48. The number of piperidine rings is 1. The second kappa shape index (κ2) is 9.02. The van der Waals surface area contributed by atoms with Crippen LogP contribution in [0.2, 0.25) is 0 Å². The van der Waals surface area contributed by atoms with Crippen LogP contribution in [-0.2, 0) is 16.3 Å². The Labute approximate surface area is 191 Å². The second-order valence-corrected chi connectivity index (χ2v) is 10.9. The minimum atomic E-state index is -4.77. The first-order valence-corrected chi connectivity index (χ1v) is 12.5. The molecule has 0 bridgehead atoms. The Kier molecular flexibility index (Phi) is 6.45. The first-order chi connectivity index (χ1) is 15.6. The van der Waals surface area contributed by atoms with E-state index in [1.165, 1.54) is 11.3 Å². The summed E-state index contributed by atoms with van der Waals surface area (Å²) >= 11 is 1.40. The summed E-state index contributed by atoms with van der Waals surface area (Å²) in [6, 6.07) is 8.06. The lowest BCUT2D eigenvalue weighted by Crippen LogP contribution is -2.40. The molecule has 0 saturated carbocycles. The van der Waals surface area contributed by atoms with Crippen LogP contribution in [0.25, 0.3) is 0 Å². The van der Waals surface area contributed by atoms with E-state index in [1.807, 2.05) is 41.5 Å². The summed E-state index contributed by atoms with van der Waals surface area (Å²) in [5.74, 6) is -11.6. The summed E-state index contributed by atoms with van der Waals surface area (Å²) in [6.07, 6.45) is 0.575. The fourth-order valence-corrected chi connectivity index (χ4v) is 6.52. The van der Waals surface area contributed by atoms with E-state index >= 15 is 0 Å². The van der Waals surface area contributed by atoms with E-state index in [2.05, 4.69) is 4.98 Å². The fraction of sp³-hybridized carbons (Fsp3) is 0.318. The molecule has 4 rings (SSSR count). The van der Waals surface area contributed by atoms with Gasteiger partial charge in [0.15, 0.2) is 38.2 Å². The lowest BCUT2D eigenvalue weighted by atomic mass is 10.1. The Morgan fingerprint density at radius 2 is 1.48 bits per heavy atom. The molecule has 0 spiro atoms. The maximum atomic E-state index is 14.1. The lowest BCUT2D eigenvalue weighted by molar-refractivity contribution is 0.356. The van der Waals surface area contributed by atoms with Crippen LogP contribution in [0.15, 0.2) is 34.5 Å². The molecule has 11 heteroatoms. The highest BCUT2D eigenvalue weighted by atomic mass is 32.2. The van der Waals surface area contributed by atoms with Crippen molar-refractivity contribution in [2.45, 2.75) is 36.3 Å². The van der Waals surface area contributed by atoms with E-state index in [1.54, 1.807) is 0 Å². The van der Waals surface area contributed by atoms with Crippen LogP contribution in [0.4, 0.5) is 27.1 Å². The van der Waals surface area contributed by atoms with Gasteiger partial charge in [0.2, 0.25) is 5.82 Å². The highest BCUT2D eigenvalue weighted by molar-refractivity contribution is 7.92. The van der Waals surface area contributed by atoms with Gasteiger partial charge in [-0.3, -0.25) is 0 Å². The van der Waals surface area contributed by atoms with E-state index in [9.17, 15) is 30.4 Å². The monoisotopic (exact) mass is 502 g/mol. The predicted octanol–water partition coefficient (Wildman–Crippen LogP) is 5.18. The number of nitrogens with zero attached hydrogens (tertiary/aromatic N) is 2. The van der Waals surface area contributed by atoms with Gasteiger partial charge in [0.1, 0.15) is 4.90 Å². The number of thiazole rings is 1. The van der Waals surface area contributed by atoms with Crippen molar-refractivity contribution in [3.63, 3.8) is 0 Å². The van der Waals surface area contributed by atoms with Gasteiger partial charge in [-0.05, 0) is 25.3 Å². The number of hydrogen-bond acceptors (Lipinski definition) is 5. The van der Waals surface area contributed by atoms with Crippen molar-refractivity contribution in [1.82, 2.24) is 4.98 Å². The molecule has 1 aliphatic rings. The van der Waals surface area contributed by atoms with E-state index in [4.69, 9.17) is 0 Å². The van der Waals surface area contributed by atoms with E-state index < -0.39 is 49.1 Å². The largest absolute Gasteiger partial charge is 0.348 e. The standard InChI is InChI=1S/C22H19F5N2O2S2/c1-12-2-4-13(5-3-12)10-14-11-32-22(28-14)29-8-6-15(7-9-29)33(30,31)21-19(26)17(24)16(23)18(25)20(21)27/h2-5,11,15H,6-10H2,1H3. The molecule has 0 N–H and O–H groups in total. The highest BCUT2D eigenvalue weighted by Gasteiger charge is 2.39. The van der Waals surface area contributed by atoms with E-state index in [0.717, 1.165) is 16.8 Å². The van der Waals surface area contributed by atoms with Crippen LogP contribution in [-0.4, -0.2) is 31.7 Å². The van der Waals surface area contributed by atoms with Gasteiger partial charge < -0.3 is 4.90 Å². The van der Waals surface area contributed by atoms with Crippen LogP contribution in [0.1, 0.15) is 29.7 Å². The lowest BCUT2D eigenvalue weighted by Gasteiger charge is -2.31. The van der Waals surface area contributed by atoms with E-state index in [0.29, 0.717) is 11.6 Å². The molecule has 3 aromatic rings. The minimum absolute atomic E-state index is 0.0330. The smallest absolute Gasteiger partial charge is 0.200 e. The number of halogens is 5. The predicted molar refractivity (Wildman–Crippen MR) is 115 cm³/mol. The van der Waals surface area contributed by atoms with Gasteiger partial charge in [0, 0.05) is 24.9 Å². The first-order valence-electron chi connectivity index (χ1n) is 10.1. The van der Waals surface area contributed by atoms with Gasteiger partial charge in [0.25, 0.3) is 0 Å². The number of aryl methyl sites for hydroxylation is 1. The van der Waals surface area contributed by atoms with Gasteiger partial charge >= 0.3 is 0 Å². The molecule has 0 atom stereocenters. The Balaban J connectivity index is 1.47. The van der Waals surface area contributed by atoms with Crippen molar-refractivity contribution in [3.8, 4) is 0 Å². The summed E-state index contributed by atoms with van der Waals surface area (Å²) in [6.45, 7) is 2.44. The molecule has 33 heavy (non-hydrogen) atoms. The Morgan fingerprint density at radius 3 is 2.06 bits per heavy atom. The Morgan fingerprint density at radius 1 is 0.939 bits per heavy atom. The van der Waals surface area contributed by atoms with Crippen molar-refractivity contribution >= 4 is 26.3 Å². The number of aromatic nitrogens is 1. The van der Waals surface area contributed by atoms with Crippen LogP contribution < -0.4 is 4.90 Å². The molecule has 1 aliphatic heterocycles. The van der Waals surface area contributed by atoms with Crippen molar-refractivity contribution < 1.29 is 30.4 Å². The van der Waals surface area contributed by atoms with Crippen molar-refractivity contribution in [1.29, 1.82) is 0 Å². The molecule has 1 aromatic heterocycles. The molecule has 2 heterocycles. The summed E-state index contributed by atoms with van der Waals surface area (Å²) in [5, 5.41) is 1.32. The van der Waals surface area contributed by atoms with Gasteiger partial charge in [-0.1, -0.05) is 29.8 Å². The third-order valence-corrected chi connectivity index (χ3v) is 8.88. The summed E-state index contributed by atoms with van der Waals surface area (Å²) < 4.78 is 94.0. The number of anilines is 1. The first kappa shape index (κ1) is 23.6. The topological polar surface area (TPSA) is 50.3 Å². The molecule has 0 radical (unpaired) electrons. The Bertz CT molecular complexity index is 1260. The van der Waals surface area contributed by atoms with Gasteiger partial charge in [-0.25, -0.2) is 35.4 Å². The number of benzene rings is 2. The molecular formula is C22H19F5N2O2S2. The van der Waals surface area contributed by atoms with Crippen LogP contribution in [0, 0.1) is 36.0 Å². The Hall–Kier alpha value is -2.53. The van der Waals surface area contributed by atoms with Gasteiger partial charge in [0.05, 0.1) is 10.9 Å². The van der Waals surface area contributed by atoms with Gasteiger partial charge in [-0.2, -0.15) is 0 Å². The number of hydrogen-bond donors (Lipinski definition) is 0. The summed E-state index contributed by atoms with van der Waals surface area (Å²) in [4.78, 5) is 4.69. The molecule has 0 amide bonds. The average Bonchev–Trinajstić information content (AvgIpc) is 3.26. The highest BCUT2D eigenvalue weighted by Crippen LogP contribution is 2.34. The molecule has 1 saturated heterocycles. The zero-order chi connectivity index (χ0) is 23.9. The average molecular weight is 503 g/mol. The molecule has 0 aliphatic carbocycles. The fourth-order valence-electron chi connectivity index (χ4n) is 3.80. The summed E-state index contributed by atoms with van der Waals surface area (Å²) in [7, 11) is -4.77. The normalized spacial score (nSPS) is 15.3. The quantitative estimate of drug-likeness (QED) is 0.209. The molecule has 0 unspecified atom stereocenters. The maximum absolute atomic E-state index is 14.1. The second-order valence-electron chi connectivity index (χ2n) is 7.91. The van der Waals surface area contributed by atoms with Crippen LogP contribution in [0.5, 0.6) is 0 Å². The van der Waals surface area contributed by atoms with Crippen LogP contribution in [0.3, 0.4) is 0 Å². The van der Waals surface area contributed by atoms with Crippen molar-refractivity contribution in [3.05, 3.63) is 75.6 Å². The van der Waals surface area contributed by atoms with Crippen molar-refractivity contribution in [2.75, 3.05) is 18.0 Å².